The average Bonchev–Trinajstić information content (AvgIpc) is 3.28. The quantitative estimate of drug-likeness (QED) is 0.0262. The molecule has 0 aromatic carbocycles. The molecule has 6 nitrogen and oxygen atoms in total. The van der Waals surface area contributed by atoms with Gasteiger partial charge in [-0.25, -0.2) is 0 Å². The van der Waals surface area contributed by atoms with Gasteiger partial charge in [0.15, 0.2) is 6.10 Å². The normalized spacial score (nSPS) is 12.9. The molecule has 0 saturated heterocycles. The Morgan fingerprint density at radius 3 is 1.02 bits per heavy atom. The lowest BCUT2D eigenvalue weighted by Gasteiger charge is -2.18. The summed E-state index contributed by atoms with van der Waals surface area (Å²) >= 11 is 0. The van der Waals surface area contributed by atoms with Gasteiger partial charge in [-0.05, 0) is 116 Å². The summed E-state index contributed by atoms with van der Waals surface area (Å²) in [6.45, 7) is 6.34. The topological polar surface area (TPSA) is 78.9 Å². The second kappa shape index (κ2) is 51.0. The van der Waals surface area contributed by atoms with Crippen LogP contribution in [0.15, 0.2) is 97.2 Å². The summed E-state index contributed by atoms with van der Waals surface area (Å²) < 4.78 is 16.7. The van der Waals surface area contributed by atoms with E-state index < -0.39 is 6.10 Å². The summed E-state index contributed by atoms with van der Waals surface area (Å²) in [5, 5.41) is 0. The van der Waals surface area contributed by atoms with Crippen molar-refractivity contribution in [3.63, 3.8) is 0 Å². The molecule has 0 rings (SSSR count). The molecule has 0 saturated carbocycles. The Kier molecular flexibility index (Phi) is 48.0. The highest BCUT2D eigenvalue weighted by molar-refractivity contribution is 5.71. The molecule has 0 aliphatic carbocycles. The highest BCUT2D eigenvalue weighted by Crippen LogP contribution is 2.13. The lowest BCUT2D eigenvalue weighted by molar-refractivity contribution is -0.167. The van der Waals surface area contributed by atoms with Crippen LogP contribution in [0.3, 0.4) is 0 Å². The SMILES string of the molecule is CC/C=C\C/C=C\C/C=C\C/C=C\CCCCC(=O)OC[C@H](COC(=O)CCCCCCC/C=C\C/C=C\C/C=C\CC)OC(=O)CCCCCCC/C=C\CCCCCCCC. The predicted molar refractivity (Wildman–Crippen MR) is 270 cm³/mol. The van der Waals surface area contributed by atoms with E-state index in [9.17, 15) is 14.4 Å². The maximum absolute atomic E-state index is 12.8. The molecule has 0 N–H and O–H groups in total. The van der Waals surface area contributed by atoms with Crippen LogP contribution in [-0.4, -0.2) is 37.2 Å². The van der Waals surface area contributed by atoms with Crippen LogP contribution >= 0.6 is 0 Å². The van der Waals surface area contributed by atoms with E-state index in [0.717, 1.165) is 135 Å². The van der Waals surface area contributed by atoms with E-state index in [4.69, 9.17) is 14.2 Å². The van der Waals surface area contributed by atoms with Crippen LogP contribution in [0.4, 0.5) is 0 Å². The van der Waals surface area contributed by atoms with Crippen molar-refractivity contribution in [1.82, 2.24) is 0 Å². The van der Waals surface area contributed by atoms with Crippen LogP contribution in [-0.2, 0) is 28.6 Å². The van der Waals surface area contributed by atoms with E-state index >= 15 is 0 Å². The molecule has 358 valence electrons. The molecule has 0 aromatic rings. The third kappa shape index (κ3) is 49.2. The van der Waals surface area contributed by atoms with Gasteiger partial charge in [0.2, 0.25) is 0 Å². The molecule has 0 aliphatic rings. The first-order valence-corrected chi connectivity index (χ1v) is 25.7. The number of allylic oxidation sites excluding steroid dienone is 16. The summed E-state index contributed by atoms with van der Waals surface area (Å²) in [5.41, 5.74) is 0. The maximum Gasteiger partial charge on any atom is 0.306 e. The molecule has 0 aliphatic heterocycles. The van der Waals surface area contributed by atoms with Crippen molar-refractivity contribution in [1.29, 1.82) is 0 Å². The minimum absolute atomic E-state index is 0.104. The van der Waals surface area contributed by atoms with E-state index in [1.54, 1.807) is 0 Å². The fourth-order valence-corrected chi connectivity index (χ4v) is 6.73. The Morgan fingerprint density at radius 1 is 0.333 bits per heavy atom. The number of hydrogen-bond donors (Lipinski definition) is 0. The van der Waals surface area contributed by atoms with Gasteiger partial charge in [0.1, 0.15) is 13.2 Å². The number of hydrogen-bond acceptors (Lipinski definition) is 6. The first kappa shape index (κ1) is 59.3. The van der Waals surface area contributed by atoms with Crippen LogP contribution in [0.2, 0.25) is 0 Å². The lowest BCUT2D eigenvalue weighted by atomic mass is 10.1. The smallest absolute Gasteiger partial charge is 0.306 e. The maximum atomic E-state index is 12.8. The zero-order chi connectivity index (χ0) is 45.8. The van der Waals surface area contributed by atoms with E-state index in [1.807, 2.05) is 0 Å². The van der Waals surface area contributed by atoms with Crippen LogP contribution < -0.4 is 0 Å². The Labute approximate surface area is 387 Å². The van der Waals surface area contributed by atoms with Crippen molar-refractivity contribution < 1.29 is 28.6 Å². The van der Waals surface area contributed by atoms with Crippen LogP contribution in [0.25, 0.3) is 0 Å². The second-order valence-electron chi connectivity index (χ2n) is 16.7. The first-order valence-electron chi connectivity index (χ1n) is 25.7. The van der Waals surface area contributed by atoms with Crippen molar-refractivity contribution in [3.8, 4) is 0 Å². The van der Waals surface area contributed by atoms with Gasteiger partial charge in [0.05, 0.1) is 0 Å². The molecule has 0 bridgehead atoms. The van der Waals surface area contributed by atoms with Gasteiger partial charge in [-0.2, -0.15) is 0 Å². The fourth-order valence-electron chi connectivity index (χ4n) is 6.73. The molecule has 0 amide bonds. The summed E-state index contributed by atoms with van der Waals surface area (Å²) in [6.07, 6.45) is 66.7. The standard InChI is InChI=1S/C57H94O6/c1-4-7-10-13-16-19-22-25-28-31-34-37-40-43-46-49-55(58)61-52-54(63-57(60)51-48-45-42-39-36-33-30-27-24-21-18-15-12-9-6-3)53-62-56(59)50-47-44-41-38-35-32-29-26-23-20-17-14-11-8-5-2/h7-8,10-11,16-17,19-20,25-30,34,37,54H,4-6,9,12-15,18,21-24,31-33,35-36,38-53H2,1-3H3/b10-7-,11-8-,19-16-,20-17-,28-25-,29-26-,30-27-,37-34-/t54-/m1/s1. The van der Waals surface area contributed by atoms with E-state index in [-0.39, 0.29) is 31.1 Å². The highest BCUT2D eigenvalue weighted by Gasteiger charge is 2.19. The third-order valence-electron chi connectivity index (χ3n) is 10.6. The molecular weight excluding hydrogens is 781 g/mol. The van der Waals surface area contributed by atoms with Gasteiger partial charge in [-0.3, -0.25) is 14.4 Å². The number of unbranched alkanes of at least 4 members (excludes halogenated alkanes) is 18. The number of carbonyl (C=O) groups excluding carboxylic acids is 3. The molecule has 1 atom stereocenters. The molecule has 6 heteroatoms. The van der Waals surface area contributed by atoms with E-state index in [2.05, 4.69) is 118 Å². The van der Waals surface area contributed by atoms with Crippen molar-refractivity contribution in [2.45, 2.75) is 232 Å². The Morgan fingerprint density at radius 2 is 0.619 bits per heavy atom. The number of carbonyl (C=O) groups is 3. The van der Waals surface area contributed by atoms with Gasteiger partial charge in [-0.15, -0.1) is 0 Å². The van der Waals surface area contributed by atoms with Crippen molar-refractivity contribution >= 4 is 17.9 Å². The van der Waals surface area contributed by atoms with Gasteiger partial charge < -0.3 is 14.2 Å². The second-order valence-corrected chi connectivity index (χ2v) is 16.7. The molecule has 63 heavy (non-hydrogen) atoms. The third-order valence-corrected chi connectivity index (χ3v) is 10.6. The van der Waals surface area contributed by atoms with Crippen LogP contribution in [0, 0.1) is 0 Å². The van der Waals surface area contributed by atoms with Crippen LogP contribution in [0.5, 0.6) is 0 Å². The number of rotatable bonds is 45. The lowest BCUT2D eigenvalue weighted by Crippen LogP contribution is -2.30. The monoisotopic (exact) mass is 875 g/mol. The molecule has 0 fully saturated rings. The van der Waals surface area contributed by atoms with Gasteiger partial charge in [0.25, 0.3) is 0 Å². The van der Waals surface area contributed by atoms with Gasteiger partial charge in [-0.1, -0.05) is 189 Å². The molecule has 0 radical (unpaired) electrons. The largest absolute Gasteiger partial charge is 0.462 e. The summed E-state index contributed by atoms with van der Waals surface area (Å²) in [7, 11) is 0. The first-order chi connectivity index (χ1) is 31.0. The van der Waals surface area contributed by atoms with E-state index in [1.165, 1.54) is 51.4 Å². The predicted octanol–water partition coefficient (Wildman–Crippen LogP) is 17.0. The Balaban J connectivity index is 4.50. The zero-order valence-corrected chi connectivity index (χ0v) is 40.8. The number of ether oxygens (including phenoxy) is 3. The number of esters is 3. The highest BCUT2D eigenvalue weighted by atomic mass is 16.6. The molecule has 0 spiro atoms. The molecule has 0 heterocycles. The zero-order valence-electron chi connectivity index (χ0n) is 40.8. The van der Waals surface area contributed by atoms with Crippen molar-refractivity contribution in [3.05, 3.63) is 97.2 Å². The van der Waals surface area contributed by atoms with Crippen molar-refractivity contribution in [2.75, 3.05) is 13.2 Å². The average molecular weight is 875 g/mol. The minimum Gasteiger partial charge on any atom is -0.462 e. The van der Waals surface area contributed by atoms with Crippen molar-refractivity contribution in [2.24, 2.45) is 0 Å². The van der Waals surface area contributed by atoms with Gasteiger partial charge in [0, 0.05) is 19.3 Å². The molecule has 0 aromatic heterocycles. The van der Waals surface area contributed by atoms with Crippen LogP contribution in [0.1, 0.15) is 226 Å². The summed E-state index contributed by atoms with van der Waals surface area (Å²) in [5.74, 6) is -0.974. The molecular formula is C57H94O6. The molecule has 0 unspecified atom stereocenters. The Hall–Kier alpha value is -3.67. The van der Waals surface area contributed by atoms with E-state index in [0.29, 0.717) is 19.3 Å². The Bertz CT molecular complexity index is 1280. The minimum atomic E-state index is -0.806. The fraction of sp³-hybridized carbons (Fsp3) is 0.667. The summed E-state index contributed by atoms with van der Waals surface area (Å²) in [4.78, 5) is 38.0. The summed E-state index contributed by atoms with van der Waals surface area (Å²) in [6, 6.07) is 0. The van der Waals surface area contributed by atoms with Gasteiger partial charge >= 0.3 is 17.9 Å².